The molecule has 1 amide bonds. The van der Waals surface area contributed by atoms with Crippen LogP contribution in [-0.4, -0.2) is 29.9 Å². The van der Waals surface area contributed by atoms with Crippen molar-refractivity contribution in [3.63, 3.8) is 0 Å². The summed E-state index contributed by atoms with van der Waals surface area (Å²) in [5.74, 6) is 0.130. The summed E-state index contributed by atoms with van der Waals surface area (Å²) in [6.07, 6.45) is 3.76. The molecule has 3 heteroatoms. The first-order valence-electron chi connectivity index (χ1n) is 6.45. The van der Waals surface area contributed by atoms with Crippen LogP contribution >= 0.6 is 0 Å². The van der Waals surface area contributed by atoms with Crippen molar-refractivity contribution in [3.05, 3.63) is 41.5 Å². The first-order valence-corrected chi connectivity index (χ1v) is 6.45. The summed E-state index contributed by atoms with van der Waals surface area (Å²) >= 11 is 0. The van der Waals surface area contributed by atoms with Crippen LogP contribution in [0.4, 0.5) is 0 Å². The Bertz CT molecular complexity index is 431. The van der Waals surface area contributed by atoms with Crippen LogP contribution in [0.2, 0.25) is 0 Å². The van der Waals surface area contributed by atoms with Crippen LogP contribution in [0.15, 0.2) is 35.9 Å². The largest absolute Gasteiger partial charge is 0.339 e. The number of rotatable bonds is 2. The lowest BCUT2D eigenvalue weighted by Gasteiger charge is -2.30. The van der Waals surface area contributed by atoms with Crippen molar-refractivity contribution < 1.29 is 4.79 Å². The summed E-state index contributed by atoms with van der Waals surface area (Å²) in [5, 5.41) is 0. The minimum absolute atomic E-state index is 0.130. The molecular formula is C15H20N2O. The van der Waals surface area contributed by atoms with E-state index in [9.17, 15) is 4.79 Å². The quantitative estimate of drug-likeness (QED) is 0.809. The van der Waals surface area contributed by atoms with E-state index in [4.69, 9.17) is 5.73 Å². The van der Waals surface area contributed by atoms with E-state index < -0.39 is 0 Å². The molecule has 1 aliphatic rings. The predicted molar refractivity (Wildman–Crippen MR) is 73.9 cm³/mol. The molecule has 0 aliphatic carbocycles. The van der Waals surface area contributed by atoms with Crippen LogP contribution in [0.5, 0.6) is 0 Å². The zero-order valence-corrected chi connectivity index (χ0v) is 10.8. The summed E-state index contributed by atoms with van der Waals surface area (Å²) in [4.78, 5) is 14.1. The van der Waals surface area contributed by atoms with Crippen LogP contribution in [0.3, 0.4) is 0 Å². The number of amides is 1. The second kappa shape index (κ2) is 5.83. The van der Waals surface area contributed by atoms with Crippen molar-refractivity contribution in [2.75, 3.05) is 13.1 Å². The molecule has 0 aromatic heterocycles. The monoisotopic (exact) mass is 244 g/mol. The molecule has 1 aromatic rings. The Morgan fingerprint density at radius 2 is 1.89 bits per heavy atom. The highest BCUT2D eigenvalue weighted by atomic mass is 16.2. The fourth-order valence-corrected chi connectivity index (χ4v) is 2.21. The number of carbonyl (C=O) groups excluding carboxylic acids is 1. The van der Waals surface area contributed by atoms with Crippen LogP contribution in [0.25, 0.3) is 6.08 Å². The fraction of sp³-hybridized carbons (Fsp3) is 0.400. The zero-order chi connectivity index (χ0) is 13.0. The number of carbonyl (C=O) groups is 1. The number of nitrogens with two attached hydrogens (primary N) is 1. The normalized spacial score (nSPS) is 17.9. The minimum Gasteiger partial charge on any atom is -0.339 e. The van der Waals surface area contributed by atoms with Gasteiger partial charge < -0.3 is 10.6 Å². The van der Waals surface area contributed by atoms with Crippen LogP contribution in [-0.2, 0) is 4.79 Å². The average molecular weight is 244 g/mol. The Balaban J connectivity index is 2.03. The zero-order valence-electron chi connectivity index (χ0n) is 10.8. The van der Waals surface area contributed by atoms with Gasteiger partial charge in [-0.05, 0) is 31.4 Å². The van der Waals surface area contributed by atoms with Crippen molar-refractivity contribution in [1.82, 2.24) is 4.90 Å². The second-order valence-electron chi connectivity index (χ2n) is 4.87. The lowest BCUT2D eigenvalue weighted by Crippen LogP contribution is -2.43. The Kier molecular flexibility index (Phi) is 4.15. The van der Waals surface area contributed by atoms with Gasteiger partial charge in [0, 0.05) is 24.7 Å². The lowest BCUT2D eigenvalue weighted by molar-refractivity contribution is -0.127. The molecule has 3 nitrogen and oxygen atoms in total. The summed E-state index contributed by atoms with van der Waals surface area (Å²) in [6.45, 7) is 3.43. The van der Waals surface area contributed by atoms with Gasteiger partial charge in [0.15, 0.2) is 0 Å². The van der Waals surface area contributed by atoms with Gasteiger partial charge in [-0.15, -0.1) is 0 Å². The predicted octanol–water partition coefficient (Wildman–Crippen LogP) is 2.04. The number of benzene rings is 1. The van der Waals surface area contributed by atoms with Gasteiger partial charge in [-0.2, -0.15) is 0 Å². The SMILES string of the molecule is C/C(=C\c1ccccc1)C(=O)N1CCC(N)CC1. The van der Waals surface area contributed by atoms with E-state index in [0.29, 0.717) is 0 Å². The van der Waals surface area contributed by atoms with Crippen LogP contribution in [0.1, 0.15) is 25.3 Å². The Morgan fingerprint density at radius 1 is 1.28 bits per heavy atom. The molecule has 0 unspecified atom stereocenters. The highest BCUT2D eigenvalue weighted by Crippen LogP contribution is 2.13. The lowest BCUT2D eigenvalue weighted by atomic mass is 10.0. The highest BCUT2D eigenvalue weighted by molar-refractivity contribution is 5.97. The molecule has 96 valence electrons. The third-order valence-electron chi connectivity index (χ3n) is 3.35. The molecule has 1 aromatic carbocycles. The standard InChI is InChI=1S/C15H20N2O/c1-12(11-13-5-3-2-4-6-13)15(18)17-9-7-14(16)8-10-17/h2-6,11,14H,7-10,16H2,1H3/b12-11+. The van der Waals surface area contributed by atoms with Gasteiger partial charge in [0.2, 0.25) is 5.91 Å². The molecule has 0 radical (unpaired) electrons. The maximum absolute atomic E-state index is 12.2. The molecule has 0 saturated carbocycles. The molecule has 18 heavy (non-hydrogen) atoms. The van der Waals surface area contributed by atoms with Crippen LogP contribution < -0.4 is 5.73 Å². The van der Waals surface area contributed by atoms with Gasteiger partial charge in [-0.25, -0.2) is 0 Å². The topological polar surface area (TPSA) is 46.3 Å². The molecule has 2 rings (SSSR count). The summed E-state index contributed by atoms with van der Waals surface area (Å²) in [7, 11) is 0. The Morgan fingerprint density at radius 3 is 2.50 bits per heavy atom. The molecule has 1 heterocycles. The van der Waals surface area contributed by atoms with Crippen molar-refractivity contribution in [2.45, 2.75) is 25.8 Å². The highest BCUT2D eigenvalue weighted by Gasteiger charge is 2.21. The van der Waals surface area contributed by atoms with Crippen LogP contribution in [0, 0.1) is 0 Å². The maximum Gasteiger partial charge on any atom is 0.249 e. The molecule has 0 bridgehead atoms. The smallest absolute Gasteiger partial charge is 0.249 e. The third-order valence-corrected chi connectivity index (χ3v) is 3.35. The van der Waals surface area contributed by atoms with E-state index in [1.54, 1.807) is 0 Å². The number of piperidine rings is 1. The summed E-state index contributed by atoms with van der Waals surface area (Å²) in [6, 6.07) is 10.2. The first kappa shape index (κ1) is 12.8. The van der Waals surface area contributed by atoms with Crippen molar-refractivity contribution in [1.29, 1.82) is 0 Å². The van der Waals surface area contributed by atoms with E-state index in [0.717, 1.165) is 37.1 Å². The van der Waals surface area contributed by atoms with Crippen molar-refractivity contribution >= 4 is 12.0 Å². The van der Waals surface area contributed by atoms with Gasteiger partial charge in [-0.1, -0.05) is 30.3 Å². The molecule has 0 spiro atoms. The molecule has 1 aliphatic heterocycles. The average Bonchev–Trinajstić information content (AvgIpc) is 2.40. The third kappa shape index (κ3) is 3.20. The Hall–Kier alpha value is -1.61. The maximum atomic E-state index is 12.2. The first-order chi connectivity index (χ1) is 8.66. The molecule has 1 fully saturated rings. The van der Waals surface area contributed by atoms with E-state index in [-0.39, 0.29) is 11.9 Å². The number of hydrogen-bond acceptors (Lipinski definition) is 2. The van der Waals surface area contributed by atoms with E-state index in [1.807, 2.05) is 48.2 Å². The van der Waals surface area contributed by atoms with Gasteiger partial charge in [0.25, 0.3) is 0 Å². The van der Waals surface area contributed by atoms with E-state index >= 15 is 0 Å². The second-order valence-corrected chi connectivity index (χ2v) is 4.87. The fourth-order valence-electron chi connectivity index (χ4n) is 2.21. The molecule has 2 N–H and O–H groups in total. The van der Waals surface area contributed by atoms with Crippen molar-refractivity contribution in [3.8, 4) is 0 Å². The summed E-state index contributed by atoms with van der Waals surface area (Å²) in [5.41, 5.74) is 7.70. The van der Waals surface area contributed by atoms with E-state index in [1.165, 1.54) is 0 Å². The number of hydrogen-bond donors (Lipinski definition) is 1. The number of likely N-dealkylation sites (tertiary alicyclic amines) is 1. The number of nitrogens with zero attached hydrogens (tertiary/aromatic N) is 1. The van der Waals surface area contributed by atoms with Gasteiger partial charge >= 0.3 is 0 Å². The Labute approximate surface area is 108 Å². The molecule has 1 saturated heterocycles. The van der Waals surface area contributed by atoms with Gasteiger partial charge in [-0.3, -0.25) is 4.79 Å². The molecular weight excluding hydrogens is 224 g/mol. The van der Waals surface area contributed by atoms with Crippen molar-refractivity contribution in [2.24, 2.45) is 5.73 Å². The van der Waals surface area contributed by atoms with Gasteiger partial charge in [0.05, 0.1) is 0 Å². The molecule has 0 atom stereocenters. The summed E-state index contributed by atoms with van der Waals surface area (Å²) < 4.78 is 0. The van der Waals surface area contributed by atoms with Gasteiger partial charge in [0.1, 0.15) is 0 Å². The minimum atomic E-state index is 0.130. The van der Waals surface area contributed by atoms with E-state index in [2.05, 4.69) is 0 Å².